The summed E-state index contributed by atoms with van der Waals surface area (Å²) >= 11 is 0. The van der Waals surface area contributed by atoms with Gasteiger partial charge in [-0.05, 0) is 46.7 Å². The summed E-state index contributed by atoms with van der Waals surface area (Å²) in [5, 5.41) is 10.5. The lowest BCUT2D eigenvalue weighted by Crippen LogP contribution is -2.56. The van der Waals surface area contributed by atoms with E-state index in [4.69, 9.17) is 9.16 Å². The highest BCUT2D eigenvalue weighted by Gasteiger charge is 2.57. The summed E-state index contributed by atoms with van der Waals surface area (Å²) in [7, 11) is -1.88. The first kappa shape index (κ1) is 21.5. The Hall–Kier alpha value is -0.163. The fraction of sp³-hybridized carbons (Fsp3) is 0.913. The van der Waals surface area contributed by atoms with E-state index < -0.39 is 14.6 Å². The zero-order chi connectivity index (χ0) is 20.1. The molecule has 0 aromatic carbocycles. The molecule has 2 aliphatic carbocycles. The average Bonchev–Trinajstić information content (AvgIpc) is 2.95. The molecular formula is C23H42O3Si. The zero-order valence-electron chi connectivity index (χ0n) is 18.7. The van der Waals surface area contributed by atoms with Crippen molar-refractivity contribution < 1.29 is 14.3 Å². The lowest BCUT2D eigenvalue weighted by molar-refractivity contribution is -0.138. The van der Waals surface area contributed by atoms with Gasteiger partial charge < -0.3 is 14.3 Å². The summed E-state index contributed by atoms with van der Waals surface area (Å²) < 4.78 is 12.9. The number of fused-ring (bicyclic) bond motifs is 3. The molecule has 3 nitrogen and oxygen atoms in total. The van der Waals surface area contributed by atoms with Crippen LogP contribution in [0.3, 0.4) is 0 Å². The van der Waals surface area contributed by atoms with E-state index in [-0.39, 0.29) is 11.3 Å². The van der Waals surface area contributed by atoms with E-state index in [2.05, 4.69) is 67.5 Å². The Kier molecular flexibility index (Phi) is 6.05. The number of allylic oxidation sites excluding steroid dienone is 1. The number of rotatable bonds is 5. The van der Waals surface area contributed by atoms with Crippen molar-refractivity contribution in [2.75, 3.05) is 6.61 Å². The van der Waals surface area contributed by atoms with Crippen molar-refractivity contribution in [3.05, 3.63) is 12.2 Å². The Morgan fingerprint density at radius 3 is 2.22 bits per heavy atom. The highest BCUT2D eigenvalue weighted by molar-refractivity contribution is 6.77. The minimum absolute atomic E-state index is 0.117. The molecule has 1 heterocycles. The first-order valence-corrected chi connectivity index (χ1v) is 13.4. The molecule has 1 saturated heterocycles. The first-order chi connectivity index (χ1) is 12.6. The molecule has 1 unspecified atom stereocenters. The second-order valence-corrected chi connectivity index (χ2v) is 16.1. The van der Waals surface area contributed by atoms with Crippen molar-refractivity contribution in [2.45, 2.75) is 97.2 Å². The molecule has 0 amide bonds. The van der Waals surface area contributed by atoms with E-state index in [0.29, 0.717) is 47.1 Å². The molecule has 1 N–H and O–H groups in total. The predicted octanol–water partition coefficient (Wildman–Crippen LogP) is 5.75. The number of aliphatic hydroxyl groups is 1. The van der Waals surface area contributed by atoms with Crippen molar-refractivity contribution in [3.63, 3.8) is 0 Å². The van der Waals surface area contributed by atoms with Crippen LogP contribution in [-0.2, 0) is 9.16 Å². The highest BCUT2D eigenvalue weighted by Crippen LogP contribution is 2.58. The molecule has 1 saturated carbocycles. The van der Waals surface area contributed by atoms with E-state index >= 15 is 0 Å². The summed E-state index contributed by atoms with van der Waals surface area (Å²) in [6.07, 6.45) is 6.72. The lowest BCUT2D eigenvalue weighted by atomic mass is 9.52. The van der Waals surface area contributed by atoms with Crippen molar-refractivity contribution in [1.82, 2.24) is 0 Å². The van der Waals surface area contributed by atoms with Crippen LogP contribution in [0.5, 0.6) is 0 Å². The smallest absolute Gasteiger partial charge is 0.200 e. The van der Waals surface area contributed by atoms with Gasteiger partial charge in [0.2, 0.25) is 8.32 Å². The van der Waals surface area contributed by atoms with E-state index in [9.17, 15) is 5.11 Å². The number of hydrogen-bond acceptors (Lipinski definition) is 3. The van der Waals surface area contributed by atoms with Crippen LogP contribution in [0.1, 0.15) is 68.2 Å². The predicted molar refractivity (Wildman–Crippen MR) is 114 cm³/mol. The first-order valence-electron chi connectivity index (χ1n) is 11.2. The van der Waals surface area contributed by atoms with Crippen LogP contribution in [0.2, 0.25) is 16.6 Å². The molecule has 27 heavy (non-hydrogen) atoms. The van der Waals surface area contributed by atoms with Gasteiger partial charge in [-0.15, -0.1) is 0 Å². The summed E-state index contributed by atoms with van der Waals surface area (Å²) in [4.78, 5) is 0. The SMILES string of the molecule is CC(C)[Si](O[C@H]1CC[C@@]2(C)[C@@H](C=C[C@@H]3COC(O)[C@@H]32)[C@@H]1C)(C(C)C)C(C)C. The minimum atomic E-state index is -1.88. The van der Waals surface area contributed by atoms with Crippen molar-refractivity contribution in [3.8, 4) is 0 Å². The third-order valence-corrected chi connectivity index (χ3v) is 14.6. The molecule has 3 aliphatic rings. The molecule has 7 atom stereocenters. The Morgan fingerprint density at radius 2 is 1.67 bits per heavy atom. The van der Waals surface area contributed by atoms with Crippen LogP contribution in [-0.4, -0.2) is 32.4 Å². The minimum Gasteiger partial charge on any atom is -0.413 e. The second kappa shape index (κ2) is 7.59. The molecular weight excluding hydrogens is 352 g/mol. The average molecular weight is 395 g/mol. The summed E-state index contributed by atoms with van der Waals surface area (Å²) in [5.41, 5.74) is 1.98. The van der Waals surface area contributed by atoms with Gasteiger partial charge in [0.15, 0.2) is 6.29 Å². The normalized spacial score (nSPS) is 42.1. The third kappa shape index (κ3) is 3.29. The molecule has 4 heteroatoms. The Morgan fingerprint density at radius 1 is 1.07 bits per heavy atom. The summed E-state index contributed by atoms with van der Waals surface area (Å²) in [5.74, 6) is 1.56. The van der Waals surface area contributed by atoms with Gasteiger partial charge >= 0.3 is 0 Å². The Balaban J connectivity index is 1.86. The van der Waals surface area contributed by atoms with Crippen LogP contribution >= 0.6 is 0 Å². The van der Waals surface area contributed by atoms with Gasteiger partial charge in [0.25, 0.3) is 0 Å². The highest BCUT2D eigenvalue weighted by atomic mass is 28.4. The maximum atomic E-state index is 10.5. The Labute approximate surface area is 168 Å². The van der Waals surface area contributed by atoms with Crippen LogP contribution in [0.15, 0.2) is 12.2 Å². The van der Waals surface area contributed by atoms with Gasteiger partial charge in [-0.1, -0.05) is 67.5 Å². The fourth-order valence-corrected chi connectivity index (χ4v) is 12.9. The van der Waals surface area contributed by atoms with Gasteiger partial charge in [-0.3, -0.25) is 0 Å². The zero-order valence-corrected chi connectivity index (χ0v) is 19.7. The molecule has 0 radical (unpaired) electrons. The topological polar surface area (TPSA) is 38.7 Å². The fourth-order valence-electron chi connectivity index (χ4n) is 7.22. The van der Waals surface area contributed by atoms with Crippen LogP contribution < -0.4 is 0 Å². The molecule has 0 aromatic heterocycles. The number of ether oxygens (including phenoxy) is 1. The van der Waals surface area contributed by atoms with Gasteiger partial charge in [-0.2, -0.15) is 0 Å². The van der Waals surface area contributed by atoms with E-state index in [1.807, 2.05) is 0 Å². The number of aliphatic hydroxyl groups excluding tert-OH is 1. The maximum absolute atomic E-state index is 10.5. The lowest BCUT2D eigenvalue weighted by Gasteiger charge is -2.56. The largest absolute Gasteiger partial charge is 0.413 e. The van der Waals surface area contributed by atoms with E-state index in [0.717, 1.165) is 12.8 Å². The molecule has 2 fully saturated rings. The molecule has 0 spiro atoms. The standard InChI is InChI=1S/C23H42O3Si/c1-14(2)27(15(3)4,16(5)6)26-20-11-12-23(8)19(17(20)7)10-9-18-13-25-22(24)21(18)23/h9-10,14-22,24H,11-13H2,1-8H3/t17-,18+,19-,20-,21+,22?,23-/m0/s1. The van der Waals surface area contributed by atoms with Crippen LogP contribution in [0.4, 0.5) is 0 Å². The second-order valence-electron chi connectivity index (χ2n) is 10.7. The quantitative estimate of drug-likeness (QED) is 0.476. The van der Waals surface area contributed by atoms with Gasteiger partial charge in [0.1, 0.15) is 0 Å². The monoisotopic (exact) mass is 394 g/mol. The van der Waals surface area contributed by atoms with Crippen LogP contribution in [0, 0.1) is 29.1 Å². The van der Waals surface area contributed by atoms with Gasteiger partial charge in [0.05, 0.1) is 6.61 Å². The molecule has 0 aromatic rings. The molecule has 156 valence electrons. The maximum Gasteiger partial charge on any atom is 0.200 e. The van der Waals surface area contributed by atoms with Crippen LogP contribution in [0.25, 0.3) is 0 Å². The van der Waals surface area contributed by atoms with Crippen molar-refractivity contribution >= 4 is 8.32 Å². The van der Waals surface area contributed by atoms with Gasteiger partial charge in [0, 0.05) is 17.9 Å². The van der Waals surface area contributed by atoms with Gasteiger partial charge in [-0.25, -0.2) is 0 Å². The van der Waals surface area contributed by atoms with Crippen molar-refractivity contribution in [1.29, 1.82) is 0 Å². The van der Waals surface area contributed by atoms with E-state index in [1.54, 1.807) is 0 Å². The molecule has 3 rings (SSSR count). The summed E-state index contributed by atoms with van der Waals surface area (Å²) in [6, 6.07) is 0. The number of hydrogen-bond donors (Lipinski definition) is 1. The molecule has 1 aliphatic heterocycles. The third-order valence-electron chi connectivity index (χ3n) is 8.50. The van der Waals surface area contributed by atoms with E-state index in [1.165, 1.54) is 0 Å². The molecule has 0 bridgehead atoms. The summed E-state index contributed by atoms with van der Waals surface area (Å²) in [6.45, 7) is 19.7. The Bertz CT molecular complexity index is 536. The van der Waals surface area contributed by atoms with Crippen molar-refractivity contribution in [2.24, 2.45) is 29.1 Å².